The minimum absolute atomic E-state index is 0.245. The Kier molecular flexibility index (Phi) is 3.49. The number of aryl methyl sites for hydroxylation is 2. The van der Waals surface area contributed by atoms with Gasteiger partial charge in [-0.1, -0.05) is 19.9 Å². The Bertz CT molecular complexity index is 374. The average Bonchev–Trinajstić information content (AvgIpc) is 2.14. The van der Waals surface area contributed by atoms with Crippen molar-refractivity contribution in [2.24, 2.45) is 11.7 Å². The van der Waals surface area contributed by atoms with E-state index >= 15 is 0 Å². The Morgan fingerprint density at radius 3 is 1.69 bits per heavy atom. The van der Waals surface area contributed by atoms with E-state index in [1.54, 1.807) is 0 Å². The molecular formula is C15H25N. The van der Waals surface area contributed by atoms with E-state index in [2.05, 4.69) is 54.5 Å². The van der Waals surface area contributed by atoms with Gasteiger partial charge in [-0.15, -0.1) is 0 Å². The molecule has 0 saturated carbocycles. The summed E-state index contributed by atoms with van der Waals surface area (Å²) < 4.78 is 0. The summed E-state index contributed by atoms with van der Waals surface area (Å²) in [6.07, 6.45) is 0. The lowest BCUT2D eigenvalue weighted by Crippen LogP contribution is -2.40. The summed E-state index contributed by atoms with van der Waals surface area (Å²) in [4.78, 5) is 0. The molecule has 0 heterocycles. The van der Waals surface area contributed by atoms with Crippen LogP contribution in [-0.2, 0) is 5.54 Å². The molecule has 0 aromatic heterocycles. The van der Waals surface area contributed by atoms with Crippen LogP contribution in [0.25, 0.3) is 0 Å². The van der Waals surface area contributed by atoms with Crippen LogP contribution in [0.3, 0.4) is 0 Å². The van der Waals surface area contributed by atoms with Gasteiger partial charge in [-0.25, -0.2) is 0 Å². The fraction of sp³-hybridized carbons (Fsp3) is 0.600. The standard InChI is InChI=1S/C15H25N/c1-9(2)15(7,16)14-12(5)10(3)8-11(4)13(14)6/h8-9H,16H2,1-7H3. The molecule has 1 rings (SSSR count). The van der Waals surface area contributed by atoms with Crippen LogP contribution in [-0.4, -0.2) is 0 Å². The highest BCUT2D eigenvalue weighted by Gasteiger charge is 2.29. The summed E-state index contributed by atoms with van der Waals surface area (Å²) in [5.74, 6) is 0.436. The van der Waals surface area contributed by atoms with Gasteiger partial charge in [0.15, 0.2) is 0 Å². The van der Waals surface area contributed by atoms with Crippen LogP contribution in [0, 0.1) is 33.6 Å². The van der Waals surface area contributed by atoms with Crippen molar-refractivity contribution in [3.05, 3.63) is 33.9 Å². The summed E-state index contributed by atoms with van der Waals surface area (Å²) in [7, 11) is 0. The maximum Gasteiger partial charge on any atom is 0.0409 e. The normalized spacial score (nSPS) is 15.3. The maximum atomic E-state index is 6.52. The molecule has 0 saturated heterocycles. The number of rotatable bonds is 2. The van der Waals surface area contributed by atoms with Gasteiger partial charge >= 0.3 is 0 Å². The molecular weight excluding hydrogens is 194 g/mol. The van der Waals surface area contributed by atoms with Gasteiger partial charge in [0.25, 0.3) is 0 Å². The molecule has 1 atom stereocenters. The van der Waals surface area contributed by atoms with Crippen molar-refractivity contribution in [2.45, 2.75) is 54.0 Å². The first-order valence-electron chi connectivity index (χ1n) is 6.06. The highest BCUT2D eigenvalue weighted by molar-refractivity contribution is 5.47. The molecule has 1 unspecified atom stereocenters. The lowest BCUT2D eigenvalue weighted by atomic mass is 9.76. The lowest BCUT2D eigenvalue weighted by Gasteiger charge is -2.34. The van der Waals surface area contributed by atoms with E-state index in [0.717, 1.165) is 0 Å². The first kappa shape index (κ1) is 13.2. The van der Waals surface area contributed by atoms with Crippen molar-refractivity contribution in [1.82, 2.24) is 0 Å². The molecule has 0 spiro atoms. The van der Waals surface area contributed by atoms with E-state index in [1.807, 2.05) is 0 Å². The summed E-state index contributed by atoms with van der Waals surface area (Å²) in [6.45, 7) is 15.2. The van der Waals surface area contributed by atoms with Crippen LogP contribution < -0.4 is 5.73 Å². The highest BCUT2D eigenvalue weighted by Crippen LogP contribution is 2.34. The van der Waals surface area contributed by atoms with Gasteiger partial charge in [-0.2, -0.15) is 0 Å². The Balaban J connectivity index is 3.55. The van der Waals surface area contributed by atoms with E-state index in [-0.39, 0.29) is 5.54 Å². The van der Waals surface area contributed by atoms with Crippen molar-refractivity contribution in [3.8, 4) is 0 Å². The third-order valence-corrected chi connectivity index (χ3v) is 4.10. The van der Waals surface area contributed by atoms with Gasteiger partial charge in [0, 0.05) is 5.54 Å². The average molecular weight is 219 g/mol. The molecule has 1 aromatic carbocycles. The summed E-state index contributed by atoms with van der Waals surface area (Å²) in [6, 6.07) is 2.25. The molecule has 1 heteroatoms. The molecule has 90 valence electrons. The predicted molar refractivity (Wildman–Crippen MR) is 71.8 cm³/mol. The van der Waals surface area contributed by atoms with Crippen LogP contribution in [0.4, 0.5) is 0 Å². The first-order chi connectivity index (χ1) is 7.19. The maximum absolute atomic E-state index is 6.52. The molecule has 2 N–H and O–H groups in total. The Labute approximate surface area is 100 Å². The fourth-order valence-electron chi connectivity index (χ4n) is 2.31. The second kappa shape index (κ2) is 4.21. The number of nitrogens with two attached hydrogens (primary N) is 1. The first-order valence-corrected chi connectivity index (χ1v) is 6.06. The van der Waals surface area contributed by atoms with Crippen molar-refractivity contribution in [1.29, 1.82) is 0 Å². The van der Waals surface area contributed by atoms with Crippen LogP contribution >= 0.6 is 0 Å². The third kappa shape index (κ3) is 2.01. The monoisotopic (exact) mass is 219 g/mol. The van der Waals surface area contributed by atoms with Gasteiger partial charge in [-0.3, -0.25) is 0 Å². The van der Waals surface area contributed by atoms with Crippen LogP contribution in [0.5, 0.6) is 0 Å². The Hall–Kier alpha value is -0.820. The zero-order valence-corrected chi connectivity index (χ0v) is 11.7. The van der Waals surface area contributed by atoms with Crippen molar-refractivity contribution in [3.63, 3.8) is 0 Å². The van der Waals surface area contributed by atoms with Gasteiger partial charge < -0.3 is 5.73 Å². The molecule has 0 aliphatic rings. The van der Waals surface area contributed by atoms with E-state index < -0.39 is 0 Å². The van der Waals surface area contributed by atoms with Crippen LogP contribution in [0.15, 0.2) is 6.07 Å². The second-order valence-electron chi connectivity index (χ2n) is 5.57. The van der Waals surface area contributed by atoms with E-state index in [1.165, 1.54) is 27.8 Å². The van der Waals surface area contributed by atoms with Gasteiger partial charge in [0.05, 0.1) is 0 Å². The topological polar surface area (TPSA) is 26.0 Å². The highest BCUT2D eigenvalue weighted by atomic mass is 14.7. The molecule has 0 bridgehead atoms. The largest absolute Gasteiger partial charge is 0.321 e. The van der Waals surface area contributed by atoms with Crippen molar-refractivity contribution in [2.75, 3.05) is 0 Å². The zero-order valence-electron chi connectivity index (χ0n) is 11.7. The minimum Gasteiger partial charge on any atom is -0.321 e. The molecule has 16 heavy (non-hydrogen) atoms. The predicted octanol–water partition coefficient (Wildman–Crippen LogP) is 3.75. The summed E-state index contributed by atoms with van der Waals surface area (Å²) >= 11 is 0. The zero-order chi connectivity index (χ0) is 12.7. The van der Waals surface area contributed by atoms with E-state index in [4.69, 9.17) is 5.73 Å². The summed E-state index contributed by atoms with van der Waals surface area (Å²) in [5.41, 5.74) is 13.0. The van der Waals surface area contributed by atoms with E-state index in [9.17, 15) is 0 Å². The molecule has 0 radical (unpaired) electrons. The number of hydrogen-bond donors (Lipinski definition) is 1. The Morgan fingerprint density at radius 1 is 1.00 bits per heavy atom. The Morgan fingerprint density at radius 2 is 1.38 bits per heavy atom. The van der Waals surface area contributed by atoms with Crippen LogP contribution in [0.1, 0.15) is 48.6 Å². The molecule has 0 aliphatic carbocycles. The number of hydrogen-bond acceptors (Lipinski definition) is 1. The molecule has 1 nitrogen and oxygen atoms in total. The quantitative estimate of drug-likeness (QED) is 0.805. The van der Waals surface area contributed by atoms with E-state index in [0.29, 0.717) is 5.92 Å². The number of benzene rings is 1. The molecule has 1 aromatic rings. The molecule has 0 aliphatic heterocycles. The van der Waals surface area contributed by atoms with Gasteiger partial charge in [0.1, 0.15) is 0 Å². The lowest BCUT2D eigenvalue weighted by molar-refractivity contribution is 0.347. The van der Waals surface area contributed by atoms with Crippen LogP contribution in [0.2, 0.25) is 0 Å². The second-order valence-corrected chi connectivity index (χ2v) is 5.57. The molecule has 0 fully saturated rings. The van der Waals surface area contributed by atoms with Crippen molar-refractivity contribution < 1.29 is 0 Å². The molecule has 0 amide bonds. The van der Waals surface area contributed by atoms with Crippen molar-refractivity contribution >= 4 is 0 Å². The fourth-order valence-corrected chi connectivity index (χ4v) is 2.31. The summed E-state index contributed by atoms with van der Waals surface area (Å²) in [5, 5.41) is 0. The smallest absolute Gasteiger partial charge is 0.0409 e. The SMILES string of the molecule is Cc1cc(C)c(C)c(C(C)(N)C(C)C)c1C. The van der Waals surface area contributed by atoms with Gasteiger partial charge in [0.2, 0.25) is 0 Å². The van der Waals surface area contributed by atoms with Gasteiger partial charge in [-0.05, 0) is 68.4 Å². The third-order valence-electron chi connectivity index (χ3n) is 4.10. The minimum atomic E-state index is -0.245.